The molecule has 104 valence electrons. The Hall–Kier alpha value is -1.36. The lowest BCUT2D eigenvalue weighted by Crippen LogP contribution is -2.40. The van der Waals surface area contributed by atoms with Crippen molar-refractivity contribution in [1.82, 2.24) is 4.72 Å². The highest BCUT2D eigenvalue weighted by Gasteiger charge is 2.30. The third-order valence-corrected chi connectivity index (χ3v) is 4.73. The van der Waals surface area contributed by atoms with Crippen molar-refractivity contribution in [3.8, 4) is 0 Å². The van der Waals surface area contributed by atoms with Crippen LogP contribution in [0.2, 0.25) is 0 Å². The van der Waals surface area contributed by atoms with E-state index in [4.69, 9.17) is 0 Å². The number of sulfonamides is 1. The van der Waals surface area contributed by atoms with Crippen molar-refractivity contribution in [2.75, 3.05) is 5.75 Å². The third kappa shape index (κ3) is 3.35. The number of hydrogen-bond donors (Lipinski definition) is 1. The molecule has 1 atom stereocenters. The van der Waals surface area contributed by atoms with Crippen LogP contribution in [-0.2, 0) is 20.2 Å². The molecule has 5 heteroatoms. The van der Waals surface area contributed by atoms with Gasteiger partial charge in [-0.25, -0.2) is 8.42 Å². The average Bonchev–Trinajstić information content (AvgIpc) is 2.25. The van der Waals surface area contributed by atoms with Gasteiger partial charge < -0.3 is 0 Å². The fourth-order valence-electron chi connectivity index (χ4n) is 2.28. The summed E-state index contributed by atoms with van der Waals surface area (Å²) >= 11 is 0. The van der Waals surface area contributed by atoms with Gasteiger partial charge in [-0.2, -0.15) is 0 Å². The molecule has 0 spiro atoms. The summed E-state index contributed by atoms with van der Waals surface area (Å²) in [5, 5.41) is 0. The fourth-order valence-corrected chi connectivity index (χ4v) is 3.63. The van der Waals surface area contributed by atoms with E-state index in [1.807, 2.05) is 29.0 Å². The maximum absolute atomic E-state index is 11.6. The molecular weight excluding hydrogens is 262 g/mol. The lowest BCUT2D eigenvalue weighted by atomic mass is 9.84. The second-order valence-electron chi connectivity index (χ2n) is 6.08. The second kappa shape index (κ2) is 4.63. The Balaban J connectivity index is 2.34. The molecule has 0 bridgehead atoms. The van der Waals surface area contributed by atoms with Gasteiger partial charge >= 0.3 is 0 Å². The summed E-state index contributed by atoms with van der Waals surface area (Å²) in [5.74, 6) is -0.690. The molecular formula is C14H19NO3S. The van der Waals surface area contributed by atoms with E-state index in [1.165, 1.54) is 0 Å². The molecule has 19 heavy (non-hydrogen) atoms. The highest BCUT2D eigenvalue weighted by atomic mass is 32.2. The first-order valence-electron chi connectivity index (χ1n) is 6.31. The van der Waals surface area contributed by atoms with Crippen LogP contribution in [0.15, 0.2) is 24.3 Å². The minimum atomic E-state index is -3.48. The van der Waals surface area contributed by atoms with E-state index >= 15 is 0 Å². The van der Waals surface area contributed by atoms with Gasteiger partial charge in [-0.1, -0.05) is 45.0 Å². The lowest BCUT2D eigenvalue weighted by molar-refractivity contribution is -0.119. The smallest absolute Gasteiger partial charge is 0.235 e. The van der Waals surface area contributed by atoms with Crippen LogP contribution in [0.1, 0.15) is 44.2 Å². The Labute approximate surface area is 114 Å². The van der Waals surface area contributed by atoms with E-state index in [1.54, 1.807) is 0 Å². The zero-order valence-electron chi connectivity index (χ0n) is 11.4. The van der Waals surface area contributed by atoms with Gasteiger partial charge in [0.05, 0.1) is 5.75 Å². The van der Waals surface area contributed by atoms with Crippen LogP contribution < -0.4 is 4.72 Å². The molecule has 0 aromatic heterocycles. The lowest BCUT2D eigenvalue weighted by Gasteiger charge is -2.25. The van der Waals surface area contributed by atoms with Gasteiger partial charge in [0.1, 0.15) is 0 Å². The highest BCUT2D eigenvalue weighted by molar-refractivity contribution is 7.90. The first-order chi connectivity index (χ1) is 8.67. The molecule has 1 N–H and O–H groups in total. The molecule has 1 aliphatic rings. The van der Waals surface area contributed by atoms with Crippen molar-refractivity contribution < 1.29 is 13.2 Å². The maximum Gasteiger partial charge on any atom is 0.235 e. The first-order valence-corrected chi connectivity index (χ1v) is 7.96. The number of nitrogens with one attached hydrogen (secondary N) is 1. The molecule has 0 aliphatic carbocycles. The van der Waals surface area contributed by atoms with Gasteiger partial charge in [-0.05, 0) is 16.5 Å². The van der Waals surface area contributed by atoms with Gasteiger partial charge in [0.15, 0.2) is 0 Å². The zero-order valence-corrected chi connectivity index (χ0v) is 12.3. The SMILES string of the molecule is CC(C)(C)c1cccc(C2CC(=O)NS(=O)(=O)C2)c1. The van der Waals surface area contributed by atoms with Crippen LogP contribution in [-0.4, -0.2) is 20.1 Å². The van der Waals surface area contributed by atoms with Crippen LogP contribution in [0.5, 0.6) is 0 Å². The third-order valence-electron chi connectivity index (χ3n) is 3.35. The van der Waals surface area contributed by atoms with Crippen LogP contribution in [0.4, 0.5) is 0 Å². The van der Waals surface area contributed by atoms with Crippen LogP contribution >= 0.6 is 0 Å². The molecule has 1 aliphatic heterocycles. The molecule has 0 saturated carbocycles. The van der Waals surface area contributed by atoms with Crippen LogP contribution in [0.25, 0.3) is 0 Å². The number of benzene rings is 1. The van der Waals surface area contributed by atoms with E-state index in [2.05, 4.69) is 20.8 Å². The number of hydrogen-bond acceptors (Lipinski definition) is 3. The summed E-state index contributed by atoms with van der Waals surface area (Å²) in [6, 6.07) is 7.86. The molecule has 1 saturated heterocycles. The van der Waals surface area contributed by atoms with Crippen LogP contribution in [0.3, 0.4) is 0 Å². The van der Waals surface area contributed by atoms with E-state index in [9.17, 15) is 13.2 Å². The van der Waals surface area contributed by atoms with Crippen molar-refractivity contribution in [3.63, 3.8) is 0 Å². The van der Waals surface area contributed by atoms with Gasteiger partial charge in [-0.15, -0.1) is 0 Å². The predicted octanol–water partition coefficient (Wildman–Crippen LogP) is 1.92. The minimum absolute atomic E-state index is 0.00576. The van der Waals surface area contributed by atoms with Crippen LogP contribution in [0, 0.1) is 0 Å². The van der Waals surface area contributed by atoms with E-state index in [-0.39, 0.29) is 23.5 Å². The number of amides is 1. The summed E-state index contributed by atoms with van der Waals surface area (Å²) in [7, 11) is -3.48. The predicted molar refractivity (Wildman–Crippen MR) is 74.4 cm³/mol. The Morgan fingerprint density at radius 3 is 2.53 bits per heavy atom. The zero-order chi connectivity index (χ0) is 14.3. The molecule has 4 nitrogen and oxygen atoms in total. The number of rotatable bonds is 1. The topological polar surface area (TPSA) is 63.2 Å². The Bertz CT molecular complexity index is 599. The fraction of sp³-hybridized carbons (Fsp3) is 0.500. The monoisotopic (exact) mass is 281 g/mol. The van der Waals surface area contributed by atoms with Crippen molar-refractivity contribution in [2.24, 2.45) is 0 Å². The van der Waals surface area contributed by atoms with E-state index in [0.717, 1.165) is 11.1 Å². The summed E-state index contributed by atoms with van der Waals surface area (Å²) < 4.78 is 25.2. The molecule has 1 aromatic rings. The Kier molecular flexibility index (Phi) is 3.43. The maximum atomic E-state index is 11.6. The molecule has 1 amide bonds. The summed E-state index contributed by atoms with van der Waals surface area (Å²) in [6.45, 7) is 6.32. The minimum Gasteiger partial charge on any atom is -0.274 e. The van der Waals surface area contributed by atoms with Crippen molar-refractivity contribution in [2.45, 2.75) is 38.5 Å². The second-order valence-corrected chi connectivity index (χ2v) is 7.85. The number of carbonyl (C=O) groups excluding carboxylic acids is 1. The van der Waals surface area contributed by atoms with Gasteiger partial charge in [0, 0.05) is 12.3 Å². The van der Waals surface area contributed by atoms with Crippen molar-refractivity contribution >= 4 is 15.9 Å². The van der Waals surface area contributed by atoms with Crippen molar-refractivity contribution in [1.29, 1.82) is 0 Å². The molecule has 2 rings (SSSR count). The standard InChI is InChI=1S/C14H19NO3S/c1-14(2,3)12-6-4-5-10(7-12)11-8-13(16)15-19(17,18)9-11/h4-7,11H,8-9H2,1-3H3,(H,15,16). The highest BCUT2D eigenvalue weighted by Crippen LogP contribution is 2.29. The molecule has 1 fully saturated rings. The summed E-state index contributed by atoms with van der Waals surface area (Å²) in [6.07, 6.45) is 0.229. The van der Waals surface area contributed by atoms with Gasteiger partial charge in [-0.3, -0.25) is 9.52 Å². The van der Waals surface area contributed by atoms with Gasteiger partial charge in [0.2, 0.25) is 15.9 Å². The van der Waals surface area contributed by atoms with E-state index < -0.39 is 15.9 Å². The molecule has 0 radical (unpaired) electrons. The van der Waals surface area contributed by atoms with Gasteiger partial charge in [0.25, 0.3) is 0 Å². The molecule has 1 heterocycles. The average molecular weight is 281 g/mol. The Morgan fingerprint density at radius 2 is 1.95 bits per heavy atom. The normalized spacial score (nSPS) is 22.9. The summed E-state index contributed by atoms with van der Waals surface area (Å²) in [5.41, 5.74) is 2.07. The Morgan fingerprint density at radius 1 is 1.26 bits per heavy atom. The first kappa shape index (κ1) is 14.1. The van der Waals surface area contributed by atoms with Crippen molar-refractivity contribution in [3.05, 3.63) is 35.4 Å². The number of carbonyl (C=O) groups is 1. The summed E-state index contributed by atoms with van der Waals surface area (Å²) in [4.78, 5) is 11.5. The quantitative estimate of drug-likeness (QED) is 0.855. The molecule has 1 unspecified atom stereocenters. The molecule has 1 aromatic carbocycles. The van der Waals surface area contributed by atoms with E-state index in [0.29, 0.717) is 0 Å². The largest absolute Gasteiger partial charge is 0.274 e.